The summed E-state index contributed by atoms with van der Waals surface area (Å²) in [5, 5.41) is 21.3. The Hall–Kier alpha value is -2.95. The van der Waals surface area contributed by atoms with E-state index in [2.05, 4.69) is 6.58 Å². The number of benzene rings is 2. The molecule has 5 nitrogen and oxygen atoms in total. The van der Waals surface area contributed by atoms with Crippen LogP contribution in [0.3, 0.4) is 0 Å². The monoisotopic (exact) mass is 353 g/mol. The van der Waals surface area contributed by atoms with Gasteiger partial charge in [0, 0.05) is 29.4 Å². The Bertz CT molecular complexity index is 784. The first-order valence-electron chi connectivity index (χ1n) is 8.59. The van der Waals surface area contributed by atoms with Gasteiger partial charge in [0.1, 0.15) is 23.4 Å². The summed E-state index contributed by atoms with van der Waals surface area (Å²) in [6.45, 7) is 4.09. The van der Waals surface area contributed by atoms with Crippen molar-refractivity contribution in [1.82, 2.24) is 0 Å². The highest BCUT2D eigenvalue weighted by Gasteiger charge is 2.35. The second-order valence-corrected chi connectivity index (χ2v) is 6.30. The van der Waals surface area contributed by atoms with E-state index in [0.29, 0.717) is 30.8 Å². The number of para-hydroxylation sites is 1. The van der Waals surface area contributed by atoms with Crippen molar-refractivity contribution >= 4 is 5.97 Å². The van der Waals surface area contributed by atoms with Gasteiger partial charge in [-0.25, -0.2) is 0 Å². The summed E-state index contributed by atoms with van der Waals surface area (Å²) < 4.78 is 11.6. The number of hydrogen-bond acceptors (Lipinski definition) is 5. The van der Waals surface area contributed by atoms with Crippen LogP contribution in [0.25, 0.3) is 0 Å². The first-order valence-corrected chi connectivity index (χ1v) is 8.59. The van der Waals surface area contributed by atoms with Crippen molar-refractivity contribution in [2.45, 2.75) is 31.3 Å². The Morgan fingerprint density at radius 3 is 2.77 bits per heavy atom. The summed E-state index contributed by atoms with van der Waals surface area (Å²) in [7, 11) is 0. The van der Waals surface area contributed by atoms with Crippen LogP contribution in [0.2, 0.25) is 0 Å². The number of phenols is 1. The third-order valence-electron chi connectivity index (χ3n) is 4.51. The molecule has 1 heterocycles. The molecule has 5 heteroatoms. The van der Waals surface area contributed by atoms with Gasteiger partial charge in [0.2, 0.25) is 0 Å². The van der Waals surface area contributed by atoms with Crippen LogP contribution in [0.15, 0.2) is 55.1 Å². The van der Waals surface area contributed by atoms with E-state index in [1.807, 2.05) is 30.3 Å². The van der Waals surface area contributed by atoms with Crippen molar-refractivity contribution in [2.75, 3.05) is 6.61 Å². The summed E-state index contributed by atoms with van der Waals surface area (Å²) >= 11 is 0. The smallest absolute Gasteiger partial charge is 0.123 e. The summed E-state index contributed by atoms with van der Waals surface area (Å²) in [5.41, 5.74) is 1.50. The molecule has 2 aromatic carbocycles. The van der Waals surface area contributed by atoms with Gasteiger partial charge in [-0.3, -0.25) is 0 Å². The molecule has 0 radical (unpaired) electrons. The van der Waals surface area contributed by atoms with Crippen LogP contribution in [0.4, 0.5) is 0 Å². The minimum atomic E-state index is -1.16. The van der Waals surface area contributed by atoms with Crippen LogP contribution in [0.5, 0.6) is 17.2 Å². The molecule has 0 amide bonds. The number of aromatic hydroxyl groups is 1. The molecule has 0 saturated heterocycles. The number of carboxylic acids is 1. The average Bonchev–Trinajstić information content (AvgIpc) is 2.92. The number of carboxylic acid groups (broad SMARTS) is 1. The van der Waals surface area contributed by atoms with E-state index in [1.54, 1.807) is 18.2 Å². The average molecular weight is 353 g/mol. The number of aliphatic carboxylic acids is 1. The highest BCUT2D eigenvalue weighted by molar-refractivity contribution is 5.66. The molecule has 0 spiro atoms. The second-order valence-electron chi connectivity index (χ2n) is 6.30. The fourth-order valence-corrected chi connectivity index (χ4v) is 3.29. The van der Waals surface area contributed by atoms with E-state index < -0.39 is 12.1 Å². The Kier molecular flexibility index (Phi) is 5.46. The lowest BCUT2D eigenvalue weighted by atomic mass is 9.90. The first kappa shape index (κ1) is 17.9. The van der Waals surface area contributed by atoms with Crippen molar-refractivity contribution in [3.05, 3.63) is 66.2 Å². The van der Waals surface area contributed by atoms with Crippen LogP contribution < -0.4 is 14.6 Å². The van der Waals surface area contributed by atoms with Gasteiger partial charge in [-0.15, -0.1) is 6.58 Å². The fraction of sp³-hybridized carbons (Fsp3) is 0.286. The molecule has 0 aromatic heterocycles. The first-order chi connectivity index (χ1) is 12.6. The quantitative estimate of drug-likeness (QED) is 0.738. The predicted octanol–water partition coefficient (Wildman–Crippen LogP) is 2.57. The minimum Gasteiger partial charge on any atom is -0.550 e. The van der Waals surface area contributed by atoms with Gasteiger partial charge in [-0.1, -0.05) is 24.3 Å². The Labute approximate surface area is 152 Å². The third-order valence-corrected chi connectivity index (χ3v) is 4.51. The summed E-state index contributed by atoms with van der Waals surface area (Å²) in [4.78, 5) is 11.1. The topological polar surface area (TPSA) is 78.8 Å². The molecular weight excluding hydrogens is 332 g/mol. The Balaban J connectivity index is 1.77. The van der Waals surface area contributed by atoms with Crippen molar-refractivity contribution in [3.8, 4) is 17.2 Å². The summed E-state index contributed by atoms with van der Waals surface area (Å²) in [6, 6.07) is 12.8. The van der Waals surface area contributed by atoms with Gasteiger partial charge in [0.25, 0.3) is 0 Å². The van der Waals surface area contributed by atoms with E-state index >= 15 is 0 Å². The SMILES string of the molecule is C=CCc1cc2c(cc1O)C(CCOc1ccccc1)C(CC(=O)[O-])O2. The molecular formula is C21H21O5-. The predicted molar refractivity (Wildman–Crippen MR) is 95.3 cm³/mol. The Morgan fingerprint density at radius 2 is 2.08 bits per heavy atom. The van der Waals surface area contributed by atoms with Crippen molar-refractivity contribution in [3.63, 3.8) is 0 Å². The molecule has 0 aliphatic carbocycles. The number of allylic oxidation sites excluding steroid dienone is 1. The largest absolute Gasteiger partial charge is 0.550 e. The van der Waals surface area contributed by atoms with Gasteiger partial charge < -0.3 is 24.5 Å². The maximum absolute atomic E-state index is 11.1. The molecule has 1 aliphatic rings. The van der Waals surface area contributed by atoms with Crippen LogP contribution in [-0.4, -0.2) is 23.8 Å². The zero-order valence-corrected chi connectivity index (χ0v) is 14.4. The molecule has 0 fully saturated rings. The van der Waals surface area contributed by atoms with E-state index in [-0.39, 0.29) is 18.1 Å². The standard InChI is InChI=1S/C21H22O5/c1-2-6-14-11-19-17(12-18(14)22)16(20(26-19)13-21(23)24)9-10-25-15-7-4-3-5-8-15/h2-5,7-8,11-12,16,20,22H,1,6,9-10,13H2,(H,23,24)/p-1. The van der Waals surface area contributed by atoms with Crippen LogP contribution in [-0.2, 0) is 11.2 Å². The van der Waals surface area contributed by atoms with Crippen LogP contribution >= 0.6 is 0 Å². The van der Waals surface area contributed by atoms with Gasteiger partial charge >= 0.3 is 0 Å². The molecule has 0 bridgehead atoms. The molecule has 2 unspecified atom stereocenters. The van der Waals surface area contributed by atoms with Gasteiger partial charge in [-0.2, -0.15) is 0 Å². The second kappa shape index (κ2) is 7.95. The molecule has 2 aromatic rings. The van der Waals surface area contributed by atoms with Gasteiger partial charge in [-0.05, 0) is 37.1 Å². The van der Waals surface area contributed by atoms with E-state index in [9.17, 15) is 15.0 Å². The number of hydrogen-bond donors (Lipinski definition) is 1. The molecule has 26 heavy (non-hydrogen) atoms. The number of carbonyl (C=O) groups excluding carboxylic acids is 1. The van der Waals surface area contributed by atoms with Crippen molar-refractivity contribution in [2.24, 2.45) is 0 Å². The molecule has 3 rings (SSSR count). The Morgan fingerprint density at radius 1 is 1.31 bits per heavy atom. The van der Waals surface area contributed by atoms with Gasteiger partial charge in [0.15, 0.2) is 0 Å². The molecule has 0 saturated carbocycles. The number of phenolic OH excluding ortho intramolecular Hbond substituents is 1. The van der Waals surface area contributed by atoms with E-state index in [1.165, 1.54) is 0 Å². The van der Waals surface area contributed by atoms with Crippen molar-refractivity contribution < 1.29 is 24.5 Å². The normalized spacial score (nSPS) is 18.0. The molecule has 2 atom stereocenters. The van der Waals surface area contributed by atoms with Crippen LogP contribution in [0, 0.1) is 0 Å². The molecule has 136 valence electrons. The lowest BCUT2D eigenvalue weighted by molar-refractivity contribution is -0.307. The number of ether oxygens (including phenoxy) is 2. The van der Waals surface area contributed by atoms with E-state index in [0.717, 1.165) is 11.3 Å². The third kappa shape index (κ3) is 3.99. The lowest BCUT2D eigenvalue weighted by Crippen LogP contribution is -2.31. The number of carbonyl (C=O) groups is 1. The summed E-state index contributed by atoms with van der Waals surface area (Å²) in [6.07, 6.45) is 2.03. The zero-order chi connectivity index (χ0) is 18.5. The summed E-state index contributed by atoms with van der Waals surface area (Å²) in [5.74, 6) is 0.181. The van der Waals surface area contributed by atoms with Crippen LogP contribution in [0.1, 0.15) is 29.9 Å². The van der Waals surface area contributed by atoms with Gasteiger partial charge in [0.05, 0.1) is 6.61 Å². The highest BCUT2D eigenvalue weighted by Crippen LogP contribution is 2.44. The van der Waals surface area contributed by atoms with Crippen molar-refractivity contribution in [1.29, 1.82) is 0 Å². The maximum Gasteiger partial charge on any atom is 0.123 e. The highest BCUT2D eigenvalue weighted by atomic mass is 16.5. The fourth-order valence-electron chi connectivity index (χ4n) is 3.29. The number of rotatable bonds is 8. The molecule has 1 aliphatic heterocycles. The maximum atomic E-state index is 11.1. The molecule has 1 N–H and O–H groups in total. The van der Waals surface area contributed by atoms with E-state index in [4.69, 9.17) is 9.47 Å². The number of fused-ring (bicyclic) bond motifs is 1. The lowest BCUT2D eigenvalue weighted by Gasteiger charge is -2.19. The zero-order valence-electron chi connectivity index (χ0n) is 14.4. The minimum absolute atomic E-state index is 0.162.